The molecule has 0 spiro atoms. The number of pyridine rings is 1. The van der Waals surface area contributed by atoms with E-state index in [1.54, 1.807) is 29.2 Å². The molecule has 0 unspecified atom stereocenters. The third-order valence-corrected chi connectivity index (χ3v) is 5.65. The van der Waals surface area contributed by atoms with Crippen LogP contribution in [0.4, 0.5) is 0 Å². The first kappa shape index (κ1) is 22.9. The van der Waals surface area contributed by atoms with Crippen LogP contribution in [0.5, 0.6) is 0 Å². The van der Waals surface area contributed by atoms with Gasteiger partial charge in [-0.1, -0.05) is 6.07 Å². The number of aryl methyl sites for hydroxylation is 1. The number of methoxy groups -OCH3 is 1. The Bertz CT molecular complexity index is 1290. The molecular weight excluding hydrogens is 432 g/mol. The molecule has 0 saturated carbocycles. The maximum atomic E-state index is 12.7. The summed E-state index contributed by atoms with van der Waals surface area (Å²) in [4.78, 5) is 28.6. The number of carbonyl (C=O) groups is 2. The summed E-state index contributed by atoms with van der Waals surface area (Å²) in [6, 6.07) is 12.8. The number of hydrogen-bond acceptors (Lipinski definition) is 6. The van der Waals surface area contributed by atoms with Gasteiger partial charge < -0.3 is 10.1 Å². The molecule has 4 aromatic rings. The van der Waals surface area contributed by atoms with Gasteiger partial charge in [0.15, 0.2) is 5.82 Å². The Hall–Kier alpha value is -4.27. The second-order valence-corrected chi connectivity index (χ2v) is 7.80. The van der Waals surface area contributed by atoms with Gasteiger partial charge in [-0.25, -0.2) is 14.3 Å². The summed E-state index contributed by atoms with van der Waals surface area (Å²) >= 11 is 0. The van der Waals surface area contributed by atoms with Crippen LogP contribution in [0.2, 0.25) is 0 Å². The largest absolute Gasteiger partial charge is 0.469 e. The Morgan fingerprint density at radius 3 is 2.56 bits per heavy atom. The van der Waals surface area contributed by atoms with Crippen LogP contribution in [0, 0.1) is 13.8 Å². The number of nitrogens with zero attached hydrogens (tertiary/aromatic N) is 5. The van der Waals surface area contributed by atoms with Crippen LogP contribution < -0.4 is 5.32 Å². The molecule has 1 N–H and O–H groups in total. The van der Waals surface area contributed by atoms with Gasteiger partial charge in [0, 0.05) is 48.4 Å². The number of esters is 1. The van der Waals surface area contributed by atoms with Gasteiger partial charge in [-0.05, 0) is 62.2 Å². The number of hydrogen-bond donors (Lipinski definition) is 1. The summed E-state index contributed by atoms with van der Waals surface area (Å²) in [5.74, 6) is 0.245. The SMILES string of the molecule is COC(=O)CCc1c(C)nn(-c2ccc(C(=O)NCc3cccnc3-n3cccn3)cc2)c1C. The Morgan fingerprint density at radius 1 is 1.06 bits per heavy atom. The molecule has 0 radical (unpaired) electrons. The predicted octanol–water partition coefficient (Wildman–Crippen LogP) is 3.11. The topological polar surface area (TPSA) is 104 Å². The molecule has 0 saturated heterocycles. The van der Waals surface area contributed by atoms with Gasteiger partial charge in [0.25, 0.3) is 5.91 Å². The normalized spacial score (nSPS) is 10.8. The van der Waals surface area contributed by atoms with E-state index in [1.807, 2.05) is 55.1 Å². The minimum atomic E-state index is -0.245. The van der Waals surface area contributed by atoms with Crippen molar-refractivity contribution in [2.24, 2.45) is 0 Å². The standard InChI is InChI=1S/C25H26N6O3/c1-17-22(11-12-23(32)34-3)18(2)31(29-17)21-9-7-19(8-10-21)25(33)27-16-20-6-4-13-26-24(20)30-15-5-14-28-30/h4-10,13-15H,11-12,16H2,1-3H3,(H,27,33). The van der Waals surface area contributed by atoms with Gasteiger partial charge in [-0.2, -0.15) is 10.2 Å². The molecule has 9 heteroatoms. The molecular formula is C25H26N6O3. The van der Waals surface area contributed by atoms with Crippen LogP contribution in [0.15, 0.2) is 61.1 Å². The highest BCUT2D eigenvalue weighted by Gasteiger charge is 2.15. The molecule has 0 bridgehead atoms. The van der Waals surface area contributed by atoms with Gasteiger partial charge in [0.2, 0.25) is 0 Å². The van der Waals surface area contributed by atoms with Crippen LogP contribution in [-0.2, 0) is 22.5 Å². The smallest absolute Gasteiger partial charge is 0.305 e. The van der Waals surface area contributed by atoms with Crippen molar-refractivity contribution in [1.29, 1.82) is 0 Å². The Morgan fingerprint density at radius 2 is 1.85 bits per heavy atom. The molecule has 0 aliphatic carbocycles. The Kier molecular flexibility index (Phi) is 6.82. The lowest BCUT2D eigenvalue weighted by Gasteiger charge is -2.10. The lowest BCUT2D eigenvalue weighted by Crippen LogP contribution is -2.23. The summed E-state index contributed by atoms with van der Waals surface area (Å²) in [5, 5.41) is 11.8. The highest BCUT2D eigenvalue weighted by Crippen LogP contribution is 2.20. The highest BCUT2D eigenvalue weighted by molar-refractivity contribution is 5.94. The van der Waals surface area contributed by atoms with E-state index in [9.17, 15) is 9.59 Å². The molecule has 3 heterocycles. The van der Waals surface area contributed by atoms with Gasteiger partial charge in [0.1, 0.15) is 0 Å². The molecule has 0 aliphatic rings. The maximum Gasteiger partial charge on any atom is 0.305 e. The van der Waals surface area contributed by atoms with Crippen LogP contribution in [0.3, 0.4) is 0 Å². The van der Waals surface area contributed by atoms with Gasteiger partial charge in [0.05, 0.1) is 18.5 Å². The zero-order valence-electron chi connectivity index (χ0n) is 19.4. The van der Waals surface area contributed by atoms with Crippen molar-refractivity contribution >= 4 is 11.9 Å². The fourth-order valence-corrected chi connectivity index (χ4v) is 3.82. The van der Waals surface area contributed by atoms with E-state index in [0.29, 0.717) is 30.8 Å². The van der Waals surface area contributed by atoms with Crippen molar-refractivity contribution in [3.8, 4) is 11.5 Å². The summed E-state index contributed by atoms with van der Waals surface area (Å²) in [6.07, 6.45) is 6.07. The maximum absolute atomic E-state index is 12.7. The van der Waals surface area contributed by atoms with Crippen LogP contribution in [0.1, 0.15) is 39.3 Å². The molecule has 0 aliphatic heterocycles. The van der Waals surface area contributed by atoms with Crippen LogP contribution in [-0.4, -0.2) is 43.5 Å². The molecule has 34 heavy (non-hydrogen) atoms. The van der Waals surface area contributed by atoms with Crippen LogP contribution >= 0.6 is 0 Å². The second kappa shape index (κ2) is 10.1. The van der Waals surface area contributed by atoms with Crippen molar-refractivity contribution in [1.82, 2.24) is 29.9 Å². The van der Waals surface area contributed by atoms with Crippen molar-refractivity contribution < 1.29 is 14.3 Å². The first-order valence-corrected chi connectivity index (χ1v) is 10.9. The predicted molar refractivity (Wildman–Crippen MR) is 126 cm³/mol. The number of benzene rings is 1. The molecule has 174 valence electrons. The molecule has 4 rings (SSSR count). The van der Waals surface area contributed by atoms with Crippen molar-refractivity contribution in [3.05, 3.63) is 89.1 Å². The van der Waals surface area contributed by atoms with E-state index in [4.69, 9.17) is 4.74 Å². The molecule has 3 aromatic heterocycles. The lowest BCUT2D eigenvalue weighted by molar-refractivity contribution is -0.140. The Balaban J connectivity index is 1.45. The average molecular weight is 459 g/mol. The van der Waals surface area contributed by atoms with Crippen molar-refractivity contribution in [3.63, 3.8) is 0 Å². The number of amides is 1. The number of aromatic nitrogens is 5. The fraction of sp³-hybridized carbons (Fsp3) is 0.240. The van der Waals surface area contributed by atoms with E-state index in [0.717, 1.165) is 28.2 Å². The zero-order chi connectivity index (χ0) is 24.1. The summed E-state index contributed by atoms with van der Waals surface area (Å²) in [7, 11) is 1.39. The zero-order valence-corrected chi connectivity index (χ0v) is 19.4. The fourth-order valence-electron chi connectivity index (χ4n) is 3.82. The number of ether oxygens (including phenoxy) is 1. The third-order valence-electron chi connectivity index (χ3n) is 5.65. The van der Waals surface area contributed by atoms with E-state index in [-0.39, 0.29) is 11.9 Å². The van der Waals surface area contributed by atoms with Gasteiger partial charge in [-0.3, -0.25) is 9.59 Å². The van der Waals surface area contributed by atoms with Gasteiger partial charge in [-0.15, -0.1) is 0 Å². The summed E-state index contributed by atoms with van der Waals surface area (Å²) in [5.41, 5.74) is 5.10. The summed E-state index contributed by atoms with van der Waals surface area (Å²) in [6.45, 7) is 4.22. The number of rotatable bonds is 8. The molecule has 1 amide bonds. The molecule has 0 atom stereocenters. The quantitative estimate of drug-likeness (QED) is 0.407. The second-order valence-electron chi connectivity index (χ2n) is 7.80. The first-order chi connectivity index (χ1) is 16.5. The number of nitrogens with one attached hydrogen (secondary N) is 1. The monoisotopic (exact) mass is 458 g/mol. The van der Waals surface area contributed by atoms with E-state index >= 15 is 0 Å². The lowest BCUT2D eigenvalue weighted by atomic mass is 10.1. The van der Waals surface area contributed by atoms with E-state index < -0.39 is 0 Å². The summed E-state index contributed by atoms with van der Waals surface area (Å²) < 4.78 is 8.24. The minimum Gasteiger partial charge on any atom is -0.469 e. The highest BCUT2D eigenvalue weighted by atomic mass is 16.5. The van der Waals surface area contributed by atoms with Gasteiger partial charge >= 0.3 is 5.97 Å². The average Bonchev–Trinajstić information content (AvgIpc) is 3.49. The third kappa shape index (κ3) is 4.88. The van der Waals surface area contributed by atoms with Crippen molar-refractivity contribution in [2.75, 3.05) is 7.11 Å². The Labute approximate surface area is 197 Å². The first-order valence-electron chi connectivity index (χ1n) is 10.9. The molecule has 1 aromatic carbocycles. The minimum absolute atomic E-state index is 0.186. The van der Waals surface area contributed by atoms with E-state index in [1.165, 1.54) is 7.11 Å². The number of carbonyl (C=O) groups excluding carboxylic acids is 2. The van der Waals surface area contributed by atoms with Crippen molar-refractivity contribution in [2.45, 2.75) is 33.2 Å². The molecule has 0 fully saturated rings. The van der Waals surface area contributed by atoms with E-state index in [2.05, 4.69) is 20.5 Å². The molecule has 9 nitrogen and oxygen atoms in total. The van der Waals surface area contributed by atoms with Crippen LogP contribution in [0.25, 0.3) is 11.5 Å².